The molecule has 0 aliphatic heterocycles. The minimum absolute atomic E-state index is 0.0556. The van der Waals surface area contributed by atoms with Crippen molar-refractivity contribution in [1.82, 2.24) is 0 Å². The van der Waals surface area contributed by atoms with Gasteiger partial charge in [0.25, 0.3) is 10.1 Å². The first-order valence-corrected chi connectivity index (χ1v) is 13.4. The molecular weight excluding hydrogens is 488 g/mol. The molecule has 0 spiro atoms. The van der Waals surface area contributed by atoms with Crippen molar-refractivity contribution in [2.24, 2.45) is 0 Å². The first-order chi connectivity index (χ1) is 16.6. The van der Waals surface area contributed by atoms with E-state index < -0.39 is 24.9 Å². The maximum atomic E-state index is 13.0. The standard InChI is InChI=1S/C26H22O7S2/c1-18-3-5-19(6-4-18)20-7-9-22(10-8-20)33-25-16-15-24(17-26(25)35(29,30)31)34(27,28)23-13-11-21(32-2)12-14-23/h3-17H,1-2H3,(H,29,30,31). The van der Waals surface area contributed by atoms with Gasteiger partial charge < -0.3 is 9.47 Å². The first kappa shape index (κ1) is 24.5. The van der Waals surface area contributed by atoms with E-state index >= 15 is 0 Å². The van der Waals surface area contributed by atoms with E-state index in [1.54, 1.807) is 12.1 Å². The van der Waals surface area contributed by atoms with Crippen molar-refractivity contribution in [1.29, 1.82) is 0 Å². The van der Waals surface area contributed by atoms with Crippen molar-refractivity contribution in [3.05, 3.63) is 96.6 Å². The number of methoxy groups -OCH3 is 1. The number of hydrogen-bond acceptors (Lipinski definition) is 6. The fourth-order valence-corrected chi connectivity index (χ4v) is 5.42. The molecule has 0 saturated carbocycles. The maximum Gasteiger partial charge on any atom is 0.298 e. The van der Waals surface area contributed by atoms with Crippen LogP contribution < -0.4 is 9.47 Å². The lowest BCUT2D eigenvalue weighted by Crippen LogP contribution is -2.06. The molecule has 1 N–H and O–H groups in total. The van der Waals surface area contributed by atoms with E-state index in [2.05, 4.69) is 0 Å². The van der Waals surface area contributed by atoms with Gasteiger partial charge in [-0.1, -0.05) is 42.0 Å². The average Bonchev–Trinajstić information content (AvgIpc) is 2.84. The fourth-order valence-electron chi connectivity index (χ4n) is 3.42. The summed E-state index contributed by atoms with van der Waals surface area (Å²) in [6.45, 7) is 2.00. The monoisotopic (exact) mass is 510 g/mol. The summed E-state index contributed by atoms with van der Waals surface area (Å²) in [5, 5.41) is 0. The largest absolute Gasteiger partial charge is 0.497 e. The summed E-state index contributed by atoms with van der Waals surface area (Å²) >= 11 is 0. The lowest BCUT2D eigenvalue weighted by atomic mass is 10.0. The minimum atomic E-state index is -4.79. The molecule has 9 heteroatoms. The minimum Gasteiger partial charge on any atom is -0.497 e. The Bertz CT molecular complexity index is 1560. The number of ether oxygens (including phenoxy) is 2. The van der Waals surface area contributed by atoms with Crippen molar-refractivity contribution < 1.29 is 30.9 Å². The Labute approximate surface area is 204 Å². The van der Waals surface area contributed by atoms with Crippen LogP contribution in [0.15, 0.2) is 106 Å². The molecule has 0 amide bonds. The third kappa shape index (κ3) is 5.37. The van der Waals surface area contributed by atoms with Gasteiger partial charge in [-0.25, -0.2) is 8.42 Å². The Morgan fingerprint density at radius 2 is 1.17 bits per heavy atom. The Kier molecular flexibility index (Phi) is 6.66. The summed E-state index contributed by atoms with van der Waals surface area (Å²) in [7, 11) is -7.40. The predicted molar refractivity (Wildman–Crippen MR) is 131 cm³/mol. The molecule has 0 aliphatic carbocycles. The van der Waals surface area contributed by atoms with Gasteiger partial charge in [-0.05, 0) is 72.6 Å². The summed E-state index contributed by atoms with van der Waals surface area (Å²) in [6.07, 6.45) is 0. The van der Waals surface area contributed by atoms with Crippen molar-refractivity contribution in [3.8, 4) is 28.4 Å². The molecule has 180 valence electrons. The molecule has 0 fully saturated rings. The van der Waals surface area contributed by atoms with Gasteiger partial charge in [0.05, 0.1) is 16.9 Å². The second-order valence-corrected chi connectivity index (χ2v) is 11.1. The molecule has 4 aromatic carbocycles. The summed E-state index contributed by atoms with van der Waals surface area (Å²) in [5.41, 5.74) is 3.09. The maximum absolute atomic E-state index is 13.0. The zero-order valence-corrected chi connectivity index (χ0v) is 20.5. The molecule has 0 aliphatic rings. The average molecular weight is 511 g/mol. The molecule has 4 aromatic rings. The summed E-state index contributed by atoms with van der Waals surface area (Å²) < 4.78 is 70.7. The summed E-state index contributed by atoms with van der Waals surface area (Å²) in [4.78, 5) is -1.02. The zero-order chi connectivity index (χ0) is 25.2. The van der Waals surface area contributed by atoms with Crippen LogP contribution in [-0.2, 0) is 20.0 Å². The molecule has 0 unspecified atom stereocenters. The highest BCUT2D eigenvalue weighted by Crippen LogP contribution is 2.34. The molecule has 7 nitrogen and oxygen atoms in total. The smallest absolute Gasteiger partial charge is 0.298 e. The van der Waals surface area contributed by atoms with Gasteiger partial charge in [0, 0.05) is 0 Å². The van der Waals surface area contributed by atoms with E-state index in [1.165, 1.54) is 43.5 Å². The van der Waals surface area contributed by atoms with E-state index in [0.717, 1.165) is 22.8 Å². The van der Waals surface area contributed by atoms with Crippen molar-refractivity contribution in [2.45, 2.75) is 21.6 Å². The van der Waals surface area contributed by atoms with E-state index in [9.17, 15) is 21.4 Å². The van der Waals surface area contributed by atoms with Gasteiger partial charge in [-0.3, -0.25) is 4.55 Å². The van der Waals surface area contributed by atoms with Crippen molar-refractivity contribution >= 4 is 20.0 Å². The van der Waals surface area contributed by atoms with Crippen LogP contribution >= 0.6 is 0 Å². The second kappa shape index (κ2) is 9.53. The summed E-state index contributed by atoms with van der Waals surface area (Å²) in [6, 6.07) is 23.9. The van der Waals surface area contributed by atoms with E-state index in [4.69, 9.17) is 9.47 Å². The van der Waals surface area contributed by atoms with Gasteiger partial charge >= 0.3 is 0 Å². The Morgan fingerprint density at radius 1 is 0.657 bits per heavy atom. The number of sulfone groups is 1. The van der Waals surface area contributed by atoms with Crippen LogP contribution in [0.5, 0.6) is 17.2 Å². The Hall–Kier alpha value is -3.66. The Balaban J connectivity index is 1.66. The zero-order valence-electron chi connectivity index (χ0n) is 18.9. The Morgan fingerprint density at radius 3 is 1.71 bits per heavy atom. The molecule has 0 heterocycles. The third-order valence-corrected chi connectivity index (χ3v) is 7.98. The van der Waals surface area contributed by atoms with Gasteiger partial charge in [-0.15, -0.1) is 0 Å². The number of rotatable bonds is 7. The number of hydrogen-bond donors (Lipinski definition) is 1. The van der Waals surface area contributed by atoms with E-state index in [1.807, 2.05) is 43.3 Å². The van der Waals surface area contributed by atoms with E-state index in [0.29, 0.717) is 11.5 Å². The van der Waals surface area contributed by atoms with Crippen LogP contribution in [0.25, 0.3) is 11.1 Å². The van der Waals surface area contributed by atoms with Crippen LogP contribution in [0.2, 0.25) is 0 Å². The number of benzene rings is 4. The highest BCUT2D eigenvalue weighted by molar-refractivity contribution is 7.91. The van der Waals surface area contributed by atoms with Crippen LogP contribution in [0.4, 0.5) is 0 Å². The lowest BCUT2D eigenvalue weighted by molar-refractivity contribution is 0.414. The van der Waals surface area contributed by atoms with Crippen molar-refractivity contribution in [3.63, 3.8) is 0 Å². The third-order valence-electron chi connectivity index (χ3n) is 5.34. The van der Waals surface area contributed by atoms with Crippen LogP contribution in [0, 0.1) is 6.92 Å². The van der Waals surface area contributed by atoms with E-state index in [-0.39, 0.29) is 15.5 Å². The number of aryl methyl sites for hydroxylation is 1. The molecular formula is C26H22O7S2. The molecule has 0 radical (unpaired) electrons. The first-order valence-electron chi connectivity index (χ1n) is 10.4. The highest BCUT2D eigenvalue weighted by atomic mass is 32.2. The van der Waals surface area contributed by atoms with Gasteiger partial charge in [0.15, 0.2) is 0 Å². The summed E-state index contributed by atoms with van der Waals surface area (Å²) in [5.74, 6) is 0.584. The molecule has 35 heavy (non-hydrogen) atoms. The van der Waals surface area contributed by atoms with Crippen LogP contribution in [0.3, 0.4) is 0 Å². The molecule has 4 rings (SSSR count). The topological polar surface area (TPSA) is 107 Å². The highest BCUT2D eigenvalue weighted by Gasteiger charge is 2.24. The quantitative estimate of drug-likeness (QED) is 0.325. The predicted octanol–water partition coefficient (Wildman–Crippen LogP) is 5.54. The molecule has 0 bridgehead atoms. The van der Waals surface area contributed by atoms with Gasteiger partial charge in [-0.2, -0.15) is 8.42 Å². The molecule has 0 atom stereocenters. The van der Waals surface area contributed by atoms with Crippen molar-refractivity contribution in [2.75, 3.05) is 7.11 Å². The second-order valence-electron chi connectivity index (χ2n) is 7.76. The lowest BCUT2D eigenvalue weighted by Gasteiger charge is -2.12. The van der Waals surface area contributed by atoms with Gasteiger partial charge in [0.1, 0.15) is 22.1 Å². The molecule has 0 aromatic heterocycles. The fraction of sp³-hybridized carbons (Fsp3) is 0.0769. The van der Waals surface area contributed by atoms with Crippen LogP contribution in [-0.4, -0.2) is 28.5 Å². The SMILES string of the molecule is COc1ccc(S(=O)(=O)c2ccc(Oc3ccc(-c4ccc(C)cc4)cc3)c(S(=O)(=O)O)c2)cc1. The van der Waals surface area contributed by atoms with Crippen LogP contribution in [0.1, 0.15) is 5.56 Å². The van der Waals surface area contributed by atoms with Gasteiger partial charge in [0.2, 0.25) is 9.84 Å². The normalized spacial score (nSPS) is 11.7. The molecule has 0 saturated heterocycles.